The molecule has 2 aromatic rings. The van der Waals surface area contributed by atoms with Crippen molar-refractivity contribution in [3.8, 4) is 0 Å². The fraction of sp³-hybridized carbons (Fsp3) is 0.286. The Bertz CT molecular complexity index is 919. The van der Waals surface area contributed by atoms with Crippen molar-refractivity contribution in [2.75, 3.05) is 36.1 Å². The van der Waals surface area contributed by atoms with Gasteiger partial charge in [0.2, 0.25) is 5.91 Å². The molecule has 9 heteroatoms. The molecule has 1 heterocycles. The molecule has 8 nitrogen and oxygen atoms in total. The molecule has 4 N–H and O–H groups in total. The molecule has 1 aliphatic rings. The lowest BCUT2D eigenvalue weighted by Gasteiger charge is -2.31. The summed E-state index contributed by atoms with van der Waals surface area (Å²) < 4.78 is 13.6. The third-order valence-electron chi connectivity index (χ3n) is 4.84. The van der Waals surface area contributed by atoms with Crippen LogP contribution in [-0.4, -0.2) is 43.0 Å². The Morgan fingerprint density at radius 2 is 1.63 bits per heavy atom. The van der Waals surface area contributed by atoms with Crippen LogP contribution < -0.4 is 21.3 Å². The maximum absolute atomic E-state index is 13.6. The minimum absolute atomic E-state index is 0.0587. The first kappa shape index (κ1) is 21.1. The molecule has 1 atom stereocenters. The molecule has 0 bridgehead atoms. The molecule has 2 aromatic carbocycles. The summed E-state index contributed by atoms with van der Waals surface area (Å²) in [5.41, 5.74) is 1.12. The second kappa shape index (κ2) is 9.73. The van der Waals surface area contributed by atoms with E-state index in [2.05, 4.69) is 21.3 Å². The molecule has 158 valence electrons. The van der Waals surface area contributed by atoms with Crippen LogP contribution >= 0.6 is 0 Å². The molecule has 1 fully saturated rings. The number of urea groups is 2. The van der Waals surface area contributed by atoms with Gasteiger partial charge in [-0.2, -0.15) is 0 Å². The minimum Gasteiger partial charge on any atom is -0.359 e. The Morgan fingerprint density at radius 1 is 0.967 bits per heavy atom. The van der Waals surface area contributed by atoms with E-state index in [4.69, 9.17) is 0 Å². The number of carbonyl (C=O) groups excluding carboxylic acids is 3. The van der Waals surface area contributed by atoms with Crippen LogP contribution in [0.3, 0.4) is 0 Å². The second-order valence-corrected chi connectivity index (χ2v) is 6.97. The summed E-state index contributed by atoms with van der Waals surface area (Å²) >= 11 is 0. The molecule has 0 spiro atoms. The molecule has 0 saturated carbocycles. The molecule has 0 aromatic heterocycles. The van der Waals surface area contributed by atoms with Crippen molar-refractivity contribution >= 4 is 35.0 Å². The molecular weight excluding hydrogens is 389 g/mol. The number of hydrogen-bond donors (Lipinski definition) is 4. The number of amides is 5. The maximum atomic E-state index is 13.6. The van der Waals surface area contributed by atoms with Gasteiger partial charge >= 0.3 is 12.1 Å². The van der Waals surface area contributed by atoms with Crippen molar-refractivity contribution in [2.45, 2.75) is 12.8 Å². The largest absolute Gasteiger partial charge is 0.359 e. The zero-order valence-corrected chi connectivity index (χ0v) is 16.6. The molecule has 1 aliphatic heterocycles. The summed E-state index contributed by atoms with van der Waals surface area (Å²) in [5, 5.41) is 10.5. The molecule has 5 amide bonds. The Labute approximate surface area is 173 Å². The minimum atomic E-state index is -0.578. The highest BCUT2D eigenvalue weighted by atomic mass is 19.1. The molecule has 0 aliphatic carbocycles. The van der Waals surface area contributed by atoms with E-state index in [9.17, 15) is 18.8 Å². The summed E-state index contributed by atoms with van der Waals surface area (Å²) in [4.78, 5) is 38.0. The first-order valence-electron chi connectivity index (χ1n) is 9.66. The van der Waals surface area contributed by atoms with Gasteiger partial charge in [0.15, 0.2) is 0 Å². The van der Waals surface area contributed by atoms with E-state index in [1.165, 1.54) is 18.2 Å². The summed E-state index contributed by atoms with van der Waals surface area (Å²) in [7, 11) is 1.59. The Balaban J connectivity index is 1.53. The number of nitrogens with zero attached hydrogens (tertiary/aromatic N) is 1. The molecule has 0 radical (unpaired) electrons. The third kappa shape index (κ3) is 5.47. The van der Waals surface area contributed by atoms with Gasteiger partial charge in [-0.05, 0) is 49.2 Å². The van der Waals surface area contributed by atoms with Crippen molar-refractivity contribution < 1.29 is 18.8 Å². The number of benzene rings is 2. The topological polar surface area (TPSA) is 103 Å². The normalized spacial score (nSPS) is 15.8. The second-order valence-electron chi connectivity index (χ2n) is 6.97. The molecular formula is C21H24FN5O3. The summed E-state index contributed by atoms with van der Waals surface area (Å²) in [6.07, 6.45) is 1.53. The van der Waals surface area contributed by atoms with E-state index in [0.717, 1.165) is 12.8 Å². The van der Waals surface area contributed by atoms with Gasteiger partial charge in [0, 0.05) is 31.5 Å². The fourth-order valence-corrected chi connectivity index (χ4v) is 3.27. The van der Waals surface area contributed by atoms with Crippen LogP contribution in [0.2, 0.25) is 0 Å². The first-order valence-corrected chi connectivity index (χ1v) is 9.66. The van der Waals surface area contributed by atoms with Crippen LogP contribution in [0.15, 0.2) is 48.5 Å². The van der Waals surface area contributed by atoms with Gasteiger partial charge in [-0.25, -0.2) is 14.0 Å². The molecule has 30 heavy (non-hydrogen) atoms. The van der Waals surface area contributed by atoms with Crippen molar-refractivity contribution in [1.82, 2.24) is 10.2 Å². The van der Waals surface area contributed by atoms with E-state index in [1.807, 2.05) is 0 Å². The standard InChI is InChI=1S/C21H24FN5O3/c1-23-19(28)14-5-4-12-27(13-14)21(30)25-16-10-8-15(9-11-16)24-20(29)26-18-7-3-2-6-17(18)22/h2-3,6-11,14H,4-5,12-13H2,1H3,(H,23,28)(H,25,30)(H2,24,26,29)/t14-/m0/s1. The van der Waals surface area contributed by atoms with E-state index in [0.29, 0.717) is 24.5 Å². The quantitative estimate of drug-likeness (QED) is 0.617. The van der Waals surface area contributed by atoms with Crippen LogP contribution in [0.1, 0.15) is 12.8 Å². The van der Waals surface area contributed by atoms with Crippen molar-refractivity contribution in [1.29, 1.82) is 0 Å². The fourth-order valence-electron chi connectivity index (χ4n) is 3.27. The number of piperidine rings is 1. The lowest BCUT2D eigenvalue weighted by molar-refractivity contribution is -0.125. The van der Waals surface area contributed by atoms with Gasteiger partial charge in [0.25, 0.3) is 0 Å². The van der Waals surface area contributed by atoms with Crippen molar-refractivity contribution in [3.63, 3.8) is 0 Å². The van der Waals surface area contributed by atoms with Gasteiger partial charge in [0.1, 0.15) is 5.82 Å². The zero-order chi connectivity index (χ0) is 21.5. The summed E-state index contributed by atoms with van der Waals surface area (Å²) in [6.45, 7) is 0.969. The predicted molar refractivity (Wildman–Crippen MR) is 113 cm³/mol. The number of likely N-dealkylation sites (tertiary alicyclic amines) is 1. The summed E-state index contributed by atoms with van der Waals surface area (Å²) in [5.74, 6) is -0.785. The smallest absolute Gasteiger partial charge is 0.323 e. The predicted octanol–water partition coefficient (Wildman–Crippen LogP) is 3.46. The van der Waals surface area contributed by atoms with E-state index in [1.54, 1.807) is 42.3 Å². The number of rotatable bonds is 4. The number of para-hydroxylation sites is 1. The highest BCUT2D eigenvalue weighted by Gasteiger charge is 2.27. The van der Waals surface area contributed by atoms with E-state index < -0.39 is 11.8 Å². The Kier molecular flexibility index (Phi) is 6.84. The number of anilines is 3. The highest BCUT2D eigenvalue weighted by Crippen LogP contribution is 2.19. The van der Waals surface area contributed by atoms with Crippen LogP contribution in [-0.2, 0) is 4.79 Å². The SMILES string of the molecule is CNC(=O)[C@H]1CCCN(C(=O)Nc2ccc(NC(=O)Nc3ccccc3F)cc2)C1. The molecule has 3 rings (SSSR count). The summed E-state index contributed by atoms with van der Waals surface area (Å²) in [6, 6.07) is 11.6. The van der Waals surface area contributed by atoms with Crippen molar-refractivity contribution in [3.05, 3.63) is 54.3 Å². The Hall–Kier alpha value is -3.62. The third-order valence-corrected chi connectivity index (χ3v) is 4.84. The maximum Gasteiger partial charge on any atom is 0.323 e. The highest BCUT2D eigenvalue weighted by molar-refractivity contribution is 6.00. The monoisotopic (exact) mass is 413 g/mol. The van der Waals surface area contributed by atoms with Gasteiger partial charge in [-0.1, -0.05) is 12.1 Å². The lowest BCUT2D eigenvalue weighted by Crippen LogP contribution is -2.46. The number of carbonyl (C=O) groups is 3. The first-order chi connectivity index (χ1) is 14.5. The van der Waals surface area contributed by atoms with Gasteiger partial charge in [-0.15, -0.1) is 0 Å². The van der Waals surface area contributed by atoms with Crippen LogP contribution in [0, 0.1) is 11.7 Å². The van der Waals surface area contributed by atoms with Gasteiger partial charge in [0.05, 0.1) is 11.6 Å². The van der Waals surface area contributed by atoms with E-state index in [-0.39, 0.29) is 23.5 Å². The average Bonchev–Trinajstić information content (AvgIpc) is 2.76. The lowest BCUT2D eigenvalue weighted by atomic mass is 9.97. The van der Waals surface area contributed by atoms with Crippen LogP contribution in [0.5, 0.6) is 0 Å². The Morgan fingerprint density at radius 3 is 2.30 bits per heavy atom. The van der Waals surface area contributed by atoms with Crippen LogP contribution in [0.4, 0.5) is 31.0 Å². The van der Waals surface area contributed by atoms with Crippen molar-refractivity contribution in [2.24, 2.45) is 5.92 Å². The average molecular weight is 413 g/mol. The molecule has 0 unspecified atom stereocenters. The van der Waals surface area contributed by atoms with E-state index >= 15 is 0 Å². The number of hydrogen-bond acceptors (Lipinski definition) is 3. The number of halogens is 1. The van der Waals surface area contributed by atoms with Gasteiger partial charge < -0.3 is 26.2 Å². The number of nitrogens with one attached hydrogen (secondary N) is 4. The molecule has 1 saturated heterocycles. The van der Waals surface area contributed by atoms with Crippen LogP contribution in [0.25, 0.3) is 0 Å². The zero-order valence-electron chi connectivity index (χ0n) is 16.6. The van der Waals surface area contributed by atoms with Gasteiger partial charge in [-0.3, -0.25) is 4.79 Å².